The van der Waals surface area contributed by atoms with Crippen molar-refractivity contribution in [3.63, 3.8) is 0 Å². The third-order valence-corrected chi connectivity index (χ3v) is 3.85. The quantitative estimate of drug-likeness (QED) is 0.879. The molecule has 1 saturated heterocycles. The van der Waals surface area contributed by atoms with Crippen molar-refractivity contribution in [3.8, 4) is 17.0 Å². The molecule has 0 unspecified atom stereocenters. The minimum atomic E-state index is 0.499. The Labute approximate surface area is 130 Å². The van der Waals surface area contributed by atoms with Gasteiger partial charge in [-0.3, -0.25) is 10.00 Å². The fraction of sp³-hybridized carbons (Fsp3) is 0.438. The summed E-state index contributed by atoms with van der Waals surface area (Å²) >= 11 is 0. The van der Waals surface area contributed by atoms with Crippen molar-refractivity contribution < 1.29 is 9.47 Å². The summed E-state index contributed by atoms with van der Waals surface area (Å²) in [7, 11) is 0. The lowest BCUT2D eigenvalue weighted by molar-refractivity contribution is 0.0322. The molecule has 1 fully saturated rings. The average molecular weight is 302 g/mol. The summed E-state index contributed by atoms with van der Waals surface area (Å²) in [6.07, 6.45) is 0. The number of rotatable bonds is 5. The Hall–Kier alpha value is -2.05. The molecule has 0 radical (unpaired) electrons. The predicted molar refractivity (Wildman–Crippen MR) is 85.9 cm³/mol. The number of nitrogens with two attached hydrogens (primary N) is 1. The van der Waals surface area contributed by atoms with Crippen LogP contribution in [0.25, 0.3) is 11.3 Å². The summed E-state index contributed by atoms with van der Waals surface area (Å²) in [4.78, 5) is 2.36. The van der Waals surface area contributed by atoms with Crippen LogP contribution < -0.4 is 10.5 Å². The van der Waals surface area contributed by atoms with Crippen molar-refractivity contribution in [2.45, 2.75) is 6.92 Å². The number of nitrogens with one attached hydrogen (secondary N) is 1. The Balaban J connectivity index is 1.57. The summed E-state index contributed by atoms with van der Waals surface area (Å²) in [5, 5.41) is 6.87. The molecular weight excluding hydrogens is 280 g/mol. The molecule has 1 aromatic heterocycles. The van der Waals surface area contributed by atoms with Crippen LogP contribution in [0.2, 0.25) is 0 Å². The Kier molecular flexibility index (Phi) is 4.60. The standard InChI is InChI=1S/C16H22N4O2/c1-12-10-13(14-11-16(17)19-18-14)2-3-15(12)22-9-6-20-4-7-21-8-5-20/h2-3,10-11H,4-9H2,1H3,(H3,17,18,19). The van der Waals surface area contributed by atoms with Gasteiger partial charge in [0.05, 0.1) is 18.9 Å². The maximum absolute atomic E-state index is 5.90. The minimum absolute atomic E-state index is 0.499. The van der Waals surface area contributed by atoms with Gasteiger partial charge in [-0.15, -0.1) is 0 Å². The van der Waals surface area contributed by atoms with Gasteiger partial charge in [0.25, 0.3) is 0 Å². The highest BCUT2D eigenvalue weighted by atomic mass is 16.5. The van der Waals surface area contributed by atoms with E-state index in [4.69, 9.17) is 15.2 Å². The number of nitrogens with zero attached hydrogens (tertiary/aromatic N) is 2. The third kappa shape index (κ3) is 3.58. The molecule has 118 valence electrons. The second-order valence-electron chi connectivity index (χ2n) is 5.49. The summed E-state index contributed by atoms with van der Waals surface area (Å²) in [6, 6.07) is 7.93. The van der Waals surface area contributed by atoms with Gasteiger partial charge in [-0.2, -0.15) is 5.10 Å². The molecule has 0 bridgehead atoms. The van der Waals surface area contributed by atoms with Gasteiger partial charge < -0.3 is 15.2 Å². The highest BCUT2D eigenvalue weighted by molar-refractivity contribution is 5.64. The van der Waals surface area contributed by atoms with E-state index in [0.29, 0.717) is 12.4 Å². The molecule has 6 heteroatoms. The van der Waals surface area contributed by atoms with Crippen LogP contribution in [0.1, 0.15) is 5.56 Å². The van der Waals surface area contributed by atoms with E-state index in [-0.39, 0.29) is 0 Å². The summed E-state index contributed by atoms with van der Waals surface area (Å²) in [6.45, 7) is 7.29. The molecule has 0 spiro atoms. The van der Waals surface area contributed by atoms with E-state index in [2.05, 4.69) is 21.2 Å². The monoisotopic (exact) mass is 302 g/mol. The largest absolute Gasteiger partial charge is 0.492 e. The van der Waals surface area contributed by atoms with Crippen molar-refractivity contribution >= 4 is 5.82 Å². The van der Waals surface area contributed by atoms with E-state index in [1.165, 1.54) is 0 Å². The van der Waals surface area contributed by atoms with Gasteiger partial charge in [-0.25, -0.2) is 0 Å². The first-order valence-corrected chi connectivity index (χ1v) is 7.57. The Morgan fingerprint density at radius 3 is 2.82 bits per heavy atom. The van der Waals surface area contributed by atoms with Crippen LogP contribution in [0.15, 0.2) is 24.3 Å². The molecular formula is C16H22N4O2. The summed E-state index contributed by atoms with van der Waals surface area (Å²) in [5.74, 6) is 1.42. The molecule has 1 aliphatic heterocycles. The van der Waals surface area contributed by atoms with Crippen LogP contribution in [0.5, 0.6) is 5.75 Å². The Morgan fingerprint density at radius 2 is 2.14 bits per heavy atom. The maximum Gasteiger partial charge on any atom is 0.145 e. The number of nitrogen functional groups attached to an aromatic ring is 1. The van der Waals surface area contributed by atoms with E-state index < -0.39 is 0 Å². The fourth-order valence-electron chi connectivity index (χ4n) is 2.57. The third-order valence-electron chi connectivity index (χ3n) is 3.85. The second-order valence-corrected chi connectivity index (χ2v) is 5.49. The first kappa shape index (κ1) is 14.9. The van der Waals surface area contributed by atoms with E-state index in [0.717, 1.165) is 55.4 Å². The highest BCUT2D eigenvalue weighted by Crippen LogP contribution is 2.25. The van der Waals surface area contributed by atoms with Crippen molar-refractivity contribution in [2.75, 3.05) is 45.2 Å². The molecule has 1 aromatic carbocycles. The molecule has 3 rings (SSSR count). The molecule has 22 heavy (non-hydrogen) atoms. The fourth-order valence-corrected chi connectivity index (χ4v) is 2.57. The zero-order chi connectivity index (χ0) is 15.4. The number of ether oxygens (including phenoxy) is 2. The van der Waals surface area contributed by atoms with Gasteiger partial charge in [-0.1, -0.05) is 0 Å². The zero-order valence-electron chi connectivity index (χ0n) is 12.8. The van der Waals surface area contributed by atoms with Crippen molar-refractivity contribution in [1.82, 2.24) is 15.1 Å². The van der Waals surface area contributed by atoms with E-state index in [1.807, 2.05) is 25.1 Å². The highest BCUT2D eigenvalue weighted by Gasteiger charge is 2.10. The number of hydrogen-bond donors (Lipinski definition) is 2. The topological polar surface area (TPSA) is 76.4 Å². The first-order chi connectivity index (χ1) is 10.7. The Morgan fingerprint density at radius 1 is 1.32 bits per heavy atom. The number of hydrogen-bond acceptors (Lipinski definition) is 5. The van der Waals surface area contributed by atoms with E-state index in [1.54, 1.807) is 0 Å². The SMILES string of the molecule is Cc1cc(-c2cc(N)n[nH]2)ccc1OCCN1CCOCC1. The van der Waals surface area contributed by atoms with Crippen LogP contribution >= 0.6 is 0 Å². The number of benzene rings is 1. The van der Waals surface area contributed by atoms with Crippen LogP contribution in [0, 0.1) is 6.92 Å². The molecule has 3 N–H and O–H groups in total. The van der Waals surface area contributed by atoms with Crippen molar-refractivity contribution in [3.05, 3.63) is 29.8 Å². The minimum Gasteiger partial charge on any atom is -0.492 e. The zero-order valence-corrected chi connectivity index (χ0v) is 12.8. The van der Waals surface area contributed by atoms with Gasteiger partial charge >= 0.3 is 0 Å². The molecule has 0 amide bonds. The van der Waals surface area contributed by atoms with E-state index >= 15 is 0 Å². The number of aryl methyl sites for hydroxylation is 1. The van der Waals surface area contributed by atoms with Gasteiger partial charge in [0.2, 0.25) is 0 Å². The van der Waals surface area contributed by atoms with Crippen LogP contribution in [0.4, 0.5) is 5.82 Å². The number of morpholine rings is 1. The maximum atomic E-state index is 5.90. The molecule has 2 heterocycles. The predicted octanol–water partition coefficient (Wildman–Crippen LogP) is 1.68. The van der Waals surface area contributed by atoms with Crippen LogP contribution in [0.3, 0.4) is 0 Å². The molecule has 6 nitrogen and oxygen atoms in total. The van der Waals surface area contributed by atoms with E-state index in [9.17, 15) is 0 Å². The van der Waals surface area contributed by atoms with Gasteiger partial charge in [-0.05, 0) is 30.7 Å². The van der Waals surface area contributed by atoms with Gasteiger partial charge in [0.15, 0.2) is 0 Å². The lowest BCUT2D eigenvalue weighted by atomic mass is 10.1. The summed E-state index contributed by atoms with van der Waals surface area (Å²) < 4.78 is 11.2. The lowest BCUT2D eigenvalue weighted by Crippen LogP contribution is -2.38. The smallest absolute Gasteiger partial charge is 0.145 e. The van der Waals surface area contributed by atoms with Gasteiger partial charge in [0.1, 0.15) is 18.2 Å². The van der Waals surface area contributed by atoms with Crippen molar-refractivity contribution in [2.24, 2.45) is 0 Å². The first-order valence-electron chi connectivity index (χ1n) is 7.57. The molecule has 0 saturated carbocycles. The average Bonchev–Trinajstić information content (AvgIpc) is 2.96. The molecule has 0 atom stereocenters. The lowest BCUT2D eigenvalue weighted by Gasteiger charge is -2.26. The number of anilines is 1. The van der Waals surface area contributed by atoms with Crippen molar-refractivity contribution in [1.29, 1.82) is 0 Å². The van der Waals surface area contributed by atoms with Gasteiger partial charge in [0, 0.05) is 31.3 Å². The summed E-state index contributed by atoms with van der Waals surface area (Å²) in [5.41, 5.74) is 8.72. The number of aromatic nitrogens is 2. The molecule has 0 aliphatic carbocycles. The van der Waals surface area contributed by atoms with Crippen LogP contribution in [-0.4, -0.2) is 54.6 Å². The number of H-pyrrole nitrogens is 1. The second kappa shape index (κ2) is 6.81. The van der Waals surface area contributed by atoms with Crippen LogP contribution in [-0.2, 0) is 4.74 Å². The number of aromatic amines is 1. The molecule has 2 aromatic rings. The normalized spacial score (nSPS) is 15.9. The molecule has 1 aliphatic rings. The Bertz CT molecular complexity index is 620.